The topological polar surface area (TPSA) is 54.3 Å². The fraction of sp³-hybridized carbons (Fsp3) is 0.261. The molecular weight excluding hydrogens is 362 g/mol. The van der Waals surface area contributed by atoms with Crippen LogP contribution in [0.25, 0.3) is 11.9 Å². The zero-order chi connectivity index (χ0) is 20.2. The third-order valence-electron chi connectivity index (χ3n) is 5.24. The first kappa shape index (κ1) is 18.9. The van der Waals surface area contributed by atoms with E-state index in [-0.39, 0.29) is 5.91 Å². The Bertz CT molecular complexity index is 1000. The lowest BCUT2D eigenvalue weighted by Gasteiger charge is -2.35. The van der Waals surface area contributed by atoms with Crippen LogP contribution in [0, 0.1) is 13.8 Å². The molecule has 6 heteroatoms. The largest absolute Gasteiger partial charge is 0.365 e. The molecule has 1 aliphatic heterocycles. The first-order chi connectivity index (χ1) is 14.1. The fourth-order valence-corrected chi connectivity index (χ4v) is 3.78. The van der Waals surface area contributed by atoms with Crippen molar-refractivity contribution in [3.63, 3.8) is 0 Å². The molecule has 1 aromatic carbocycles. The van der Waals surface area contributed by atoms with Gasteiger partial charge in [-0.2, -0.15) is 5.10 Å². The number of carbonyl (C=O) groups excluding carboxylic acids is 1. The molecule has 1 fully saturated rings. The zero-order valence-electron chi connectivity index (χ0n) is 16.8. The second-order valence-corrected chi connectivity index (χ2v) is 7.18. The third kappa shape index (κ3) is 4.06. The van der Waals surface area contributed by atoms with Crippen LogP contribution in [0.15, 0.2) is 60.8 Å². The molecule has 29 heavy (non-hydrogen) atoms. The maximum atomic E-state index is 12.5. The molecule has 0 atom stereocenters. The highest BCUT2D eigenvalue weighted by Gasteiger charge is 2.24. The summed E-state index contributed by atoms with van der Waals surface area (Å²) in [5.41, 5.74) is 4.23. The first-order valence-corrected chi connectivity index (χ1v) is 9.88. The average molecular weight is 387 g/mol. The summed E-state index contributed by atoms with van der Waals surface area (Å²) in [5.74, 6) is 0.880. The van der Waals surface area contributed by atoms with Gasteiger partial charge in [-0.25, -0.2) is 9.67 Å². The van der Waals surface area contributed by atoms with E-state index in [1.54, 1.807) is 12.3 Å². The maximum absolute atomic E-state index is 12.5. The van der Waals surface area contributed by atoms with Crippen LogP contribution in [0.2, 0.25) is 0 Å². The van der Waals surface area contributed by atoms with Crippen LogP contribution in [-0.2, 0) is 4.79 Å². The van der Waals surface area contributed by atoms with Gasteiger partial charge in [0.2, 0.25) is 5.91 Å². The van der Waals surface area contributed by atoms with Crippen molar-refractivity contribution in [1.82, 2.24) is 19.7 Å². The quantitative estimate of drug-likeness (QED) is 0.645. The molecule has 0 spiro atoms. The lowest BCUT2D eigenvalue weighted by Crippen LogP contribution is -2.48. The molecule has 148 valence electrons. The van der Waals surface area contributed by atoms with Gasteiger partial charge in [0.05, 0.1) is 17.1 Å². The van der Waals surface area contributed by atoms with E-state index in [1.807, 2.05) is 71.1 Å². The van der Waals surface area contributed by atoms with Crippen LogP contribution >= 0.6 is 0 Å². The molecule has 0 unspecified atom stereocenters. The van der Waals surface area contributed by atoms with Gasteiger partial charge < -0.3 is 9.80 Å². The molecule has 0 N–H and O–H groups in total. The van der Waals surface area contributed by atoms with E-state index < -0.39 is 0 Å². The van der Waals surface area contributed by atoms with Crippen molar-refractivity contribution < 1.29 is 4.79 Å². The van der Waals surface area contributed by atoms with Crippen LogP contribution in [-0.4, -0.2) is 51.8 Å². The molecule has 2 aromatic heterocycles. The number of aryl methyl sites for hydroxylation is 1. The Balaban J connectivity index is 1.43. The lowest BCUT2D eigenvalue weighted by molar-refractivity contribution is -0.126. The molecule has 1 amide bonds. The highest BCUT2D eigenvalue weighted by Crippen LogP contribution is 2.27. The number of hydrogen-bond acceptors (Lipinski definition) is 4. The van der Waals surface area contributed by atoms with E-state index >= 15 is 0 Å². The molecule has 0 bridgehead atoms. The number of benzene rings is 1. The van der Waals surface area contributed by atoms with Gasteiger partial charge in [0.25, 0.3) is 0 Å². The van der Waals surface area contributed by atoms with E-state index in [0.717, 1.165) is 41.5 Å². The summed E-state index contributed by atoms with van der Waals surface area (Å²) in [4.78, 5) is 21.2. The Hall–Kier alpha value is -3.41. The highest BCUT2D eigenvalue weighted by molar-refractivity contribution is 5.92. The second kappa shape index (κ2) is 8.31. The number of carbonyl (C=O) groups is 1. The first-order valence-electron chi connectivity index (χ1n) is 9.88. The fourth-order valence-electron chi connectivity index (χ4n) is 3.78. The Morgan fingerprint density at radius 1 is 0.966 bits per heavy atom. The minimum atomic E-state index is 0.0612. The van der Waals surface area contributed by atoms with Crippen LogP contribution in [0.1, 0.15) is 17.0 Å². The van der Waals surface area contributed by atoms with Gasteiger partial charge in [0.1, 0.15) is 0 Å². The summed E-state index contributed by atoms with van der Waals surface area (Å²) >= 11 is 0. The average Bonchev–Trinajstić information content (AvgIpc) is 3.07. The summed E-state index contributed by atoms with van der Waals surface area (Å²) in [6.45, 7) is 7.09. The predicted octanol–water partition coefficient (Wildman–Crippen LogP) is 3.25. The monoisotopic (exact) mass is 387 g/mol. The molecule has 0 aliphatic carbocycles. The molecule has 4 rings (SSSR count). The molecule has 0 radical (unpaired) electrons. The van der Waals surface area contributed by atoms with Gasteiger partial charge >= 0.3 is 0 Å². The van der Waals surface area contributed by atoms with E-state index in [9.17, 15) is 4.79 Å². The van der Waals surface area contributed by atoms with E-state index in [1.165, 1.54) is 0 Å². The number of hydrogen-bond donors (Lipinski definition) is 0. The predicted molar refractivity (Wildman–Crippen MR) is 115 cm³/mol. The SMILES string of the molecule is Cc1nn(-c2ccccn2)c(C)c1N1CCN(C(=O)/C=C/c2ccccc2)CC1. The summed E-state index contributed by atoms with van der Waals surface area (Å²) in [7, 11) is 0. The van der Waals surface area contributed by atoms with Gasteiger partial charge in [-0.1, -0.05) is 36.4 Å². The summed E-state index contributed by atoms with van der Waals surface area (Å²) in [6.07, 6.45) is 5.32. The van der Waals surface area contributed by atoms with E-state index in [4.69, 9.17) is 5.10 Å². The van der Waals surface area contributed by atoms with Crippen molar-refractivity contribution in [2.75, 3.05) is 31.1 Å². The number of aromatic nitrogens is 3. The van der Waals surface area contributed by atoms with Crippen LogP contribution < -0.4 is 4.90 Å². The van der Waals surface area contributed by atoms with E-state index in [0.29, 0.717) is 13.1 Å². The van der Waals surface area contributed by atoms with Crippen LogP contribution in [0.5, 0.6) is 0 Å². The number of nitrogens with zero attached hydrogens (tertiary/aromatic N) is 5. The van der Waals surface area contributed by atoms with Crippen LogP contribution in [0.4, 0.5) is 5.69 Å². The molecule has 1 saturated heterocycles. The number of piperazine rings is 1. The second-order valence-electron chi connectivity index (χ2n) is 7.18. The molecular formula is C23H25N5O. The van der Waals surface area contributed by atoms with Gasteiger partial charge in [0, 0.05) is 38.5 Å². The van der Waals surface area contributed by atoms with Crippen molar-refractivity contribution in [2.45, 2.75) is 13.8 Å². The summed E-state index contributed by atoms with van der Waals surface area (Å²) in [6, 6.07) is 15.7. The van der Waals surface area contributed by atoms with Gasteiger partial charge in [0.15, 0.2) is 5.82 Å². The van der Waals surface area contributed by atoms with Crippen LogP contribution in [0.3, 0.4) is 0 Å². The van der Waals surface area contributed by atoms with Crippen molar-refractivity contribution in [3.8, 4) is 5.82 Å². The third-order valence-corrected chi connectivity index (χ3v) is 5.24. The van der Waals surface area contributed by atoms with Gasteiger partial charge in [-0.05, 0) is 37.6 Å². The molecule has 3 aromatic rings. The molecule has 1 aliphatic rings. The Morgan fingerprint density at radius 2 is 1.69 bits per heavy atom. The molecule has 0 saturated carbocycles. The highest BCUT2D eigenvalue weighted by atomic mass is 16.2. The standard InChI is InChI=1S/C23H25N5O/c1-18-23(19(2)28(25-18)21-10-6-7-13-24-21)27-16-14-26(15-17-27)22(29)12-11-20-8-4-3-5-9-20/h3-13H,14-17H2,1-2H3/b12-11+. The molecule has 3 heterocycles. The van der Waals surface area contributed by atoms with Crippen molar-refractivity contribution in [3.05, 3.63) is 77.8 Å². The number of pyridine rings is 1. The smallest absolute Gasteiger partial charge is 0.246 e. The van der Waals surface area contributed by atoms with Crippen molar-refractivity contribution in [1.29, 1.82) is 0 Å². The van der Waals surface area contributed by atoms with Crippen molar-refractivity contribution >= 4 is 17.7 Å². The lowest BCUT2D eigenvalue weighted by atomic mass is 10.2. The van der Waals surface area contributed by atoms with E-state index in [2.05, 4.69) is 16.8 Å². The Kier molecular flexibility index (Phi) is 5.42. The summed E-state index contributed by atoms with van der Waals surface area (Å²) < 4.78 is 1.89. The number of anilines is 1. The molecule has 6 nitrogen and oxygen atoms in total. The minimum Gasteiger partial charge on any atom is -0.365 e. The number of amides is 1. The summed E-state index contributed by atoms with van der Waals surface area (Å²) in [5, 5.41) is 4.69. The Labute approximate surface area is 171 Å². The maximum Gasteiger partial charge on any atom is 0.246 e. The Morgan fingerprint density at radius 3 is 2.38 bits per heavy atom. The van der Waals surface area contributed by atoms with Crippen molar-refractivity contribution in [2.24, 2.45) is 0 Å². The normalized spacial score (nSPS) is 14.6. The zero-order valence-corrected chi connectivity index (χ0v) is 16.8. The van der Waals surface area contributed by atoms with Gasteiger partial charge in [-0.3, -0.25) is 4.79 Å². The van der Waals surface area contributed by atoms with Gasteiger partial charge in [-0.15, -0.1) is 0 Å². The number of rotatable bonds is 4. The minimum absolute atomic E-state index is 0.0612.